The first-order valence-electron chi connectivity index (χ1n) is 13.0. The highest BCUT2D eigenvalue weighted by Gasteiger charge is 2.30. The van der Waals surface area contributed by atoms with Crippen LogP contribution >= 0.6 is 34.5 Å². The number of thiazole rings is 1. The minimum atomic E-state index is -3.94. The molecule has 1 aliphatic heterocycles. The number of hydrogen-bond donors (Lipinski definition) is 3. The van der Waals surface area contributed by atoms with Crippen LogP contribution in [0.1, 0.15) is 75.5 Å². The molecule has 1 aromatic heterocycles. The fourth-order valence-electron chi connectivity index (χ4n) is 4.79. The van der Waals surface area contributed by atoms with Crippen molar-refractivity contribution in [1.29, 1.82) is 0 Å². The Morgan fingerprint density at radius 3 is 2.26 bits per heavy atom. The van der Waals surface area contributed by atoms with E-state index in [1.54, 1.807) is 26.8 Å². The Kier molecular flexibility index (Phi) is 9.24. The number of carbonyl (C=O) groups excluding carboxylic acids is 1. The van der Waals surface area contributed by atoms with Crippen molar-refractivity contribution in [3.63, 3.8) is 0 Å². The van der Waals surface area contributed by atoms with Gasteiger partial charge in [-0.2, -0.15) is 0 Å². The average Bonchev–Trinajstić information content (AvgIpc) is 3.24. The summed E-state index contributed by atoms with van der Waals surface area (Å²) in [5.74, 6) is 0.189. The zero-order chi connectivity index (χ0) is 28.6. The number of sulfone groups is 1. The third kappa shape index (κ3) is 7.65. The van der Waals surface area contributed by atoms with Crippen LogP contribution in [0.15, 0.2) is 17.0 Å². The molecule has 216 valence electrons. The Bertz CT molecular complexity index is 1430. The predicted octanol–water partition coefficient (Wildman–Crippen LogP) is 5.25. The molecule has 4 rings (SSSR count). The highest BCUT2D eigenvalue weighted by molar-refractivity contribution is 7.91. The van der Waals surface area contributed by atoms with Gasteiger partial charge in [-0.05, 0) is 52.5 Å². The van der Waals surface area contributed by atoms with E-state index in [0.29, 0.717) is 29.1 Å². The van der Waals surface area contributed by atoms with Crippen LogP contribution < -0.4 is 15.4 Å². The summed E-state index contributed by atoms with van der Waals surface area (Å²) in [5.41, 5.74) is -0.248. The number of sulfonamides is 1. The molecule has 2 fully saturated rings. The number of amides is 1. The largest absolute Gasteiger partial charge is 0.366 e. The molecule has 14 heteroatoms. The van der Waals surface area contributed by atoms with Gasteiger partial charge in [-0.1, -0.05) is 48.5 Å². The summed E-state index contributed by atoms with van der Waals surface area (Å²) < 4.78 is 52.0. The van der Waals surface area contributed by atoms with E-state index in [4.69, 9.17) is 23.2 Å². The van der Waals surface area contributed by atoms with Gasteiger partial charge in [-0.3, -0.25) is 4.79 Å². The average molecular weight is 638 g/mol. The fourth-order valence-corrected chi connectivity index (χ4v) is 9.59. The second-order valence-electron chi connectivity index (χ2n) is 11.2. The molecule has 1 aliphatic carbocycles. The first-order valence-corrected chi connectivity index (χ1v) is 17.8. The minimum Gasteiger partial charge on any atom is -0.366 e. The first kappa shape index (κ1) is 30.5. The Morgan fingerprint density at radius 2 is 1.64 bits per heavy atom. The van der Waals surface area contributed by atoms with E-state index in [1.807, 2.05) is 0 Å². The van der Waals surface area contributed by atoms with Gasteiger partial charge in [0.25, 0.3) is 5.91 Å². The van der Waals surface area contributed by atoms with E-state index < -0.39 is 31.3 Å². The smallest absolute Gasteiger partial charge is 0.280 e. The quantitative estimate of drug-likeness (QED) is 0.378. The van der Waals surface area contributed by atoms with Crippen molar-refractivity contribution in [3.05, 3.63) is 27.2 Å². The molecule has 0 unspecified atom stereocenters. The summed E-state index contributed by atoms with van der Waals surface area (Å²) in [4.78, 5) is 18.2. The summed E-state index contributed by atoms with van der Waals surface area (Å²) >= 11 is 14.3. The molecule has 2 aromatic rings. The summed E-state index contributed by atoms with van der Waals surface area (Å²) in [6.45, 7) is 5.19. The monoisotopic (exact) mass is 636 g/mol. The lowest BCUT2D eigenvalue weighted by Crippen LogP contribution is -2.40. The molecule has 9 nitrogen and oxygen atoms in total. The van der Waals surface area contributed by atoms with Gasteiger partial charge in [0.1, 0.15) is 20.6 Å². The van der Waals surface area contributed by atoms with Crippen LogP contribution in [0.5, 0.6) is 0 Å². The lowest BCUT2D eigenvalue weighted by Gasteiger charge is -2.23. The number of anilines is 1. The van der Waals surface area contributed by atoms with Crippen LogP contribution in [0.25, 0.3) is 10.4 Å². The first-order chi connectivity index (χ1) is 18.2. The molecule has 1 amide bonds. The molecular weight excluding hydrogens is 603 g/mol. The van der Waals surface area contributed by atoms with Crippen molar-refractivity contribution in [2.24, 2.45) is 0 Å². The summed E-state index contributed by atoms with van der Waals surface area (Å²) in [7, 11) is -6.99. The third-order valence-corrected chi connectivity index (χ3v) is 12.3. The number of aromatic nitrogens is 1. The van der Waals surface area contributed by atoms with Crippen LogP contribution in [0, 0.1) is 0 Å². The maximum Gasteiger partial charge on any atom is 0.280 e. The van der Waals surface area contributed by atoms with Crippen molar-refractivity contribution in [3.8, 4) is 10.4 Å². The van der Waals surface area contributed by atoms with Gasteiger partial charge in [0, 0.05) is 23.2 Å². The minimum absolute atomic E-state index is 0.0446. The molecule has 0 spiro atoms. The number of nitrogens with zero attached hydrogens (tertiary/aromatic N) is 1. The maximum absolute atomic E-state index is 13.1. The fraction of sp³-hybridized carbons (Fsp3) is 0.600. The summed E-state index contributed by atoms with van der Waals surface area (Å²) in [6.07, 6.45) is 6.02. The van der Waals surface area contributed by atoms with Gasteiger partial charge in [-0.15, -0.1) is 11.3 Å². The zero-order valence-corrected chi connectivity index (χ0v) is 26.1. The van der Waals surface area contributed by atoms with Crippen LogP contribution in [0.3, 0.4) is 0 Å². The van der Waals surface area contributed by atoms with Crippen LogP contribution in [0.4, 0.5) is 5.82 Å². The van der Waals surface area contributed by atoms with Crippen LogP contribution in [0.2, 0.25) is 10.0 Å². The van der Waals surface area contributed by atoms with Gasteiger partial charge >= 0.3 is 0 Å². The number of rotatable bonds is 7. The molecule has 0 bridgehead atoms. The molecule has 2 heterocycles. The molecule has 0 radical (unpaired) electrons. The number of carbonyl (C=O) groups is 1. The zero-order valence-electron chi connectivity index (χ0n) is 22.1. The van der Waals surface area contributed by atoms with E-state index in [-0.39, 0.29) is 43.5 Å². The maximum atomic E-state index is 13.1. The lowest BCUT2D eigenvalue weighted by atomic mass is 9.95. The van der Waals surface area contributed by atoms with Crippen LogP contribution in [-0.4, -0.2) is 56.9 Å². The van der Waals surface area contributed by atoms with Gasteiger partial charge < -0.3 is 10.6 Å². The number of benzene rings is 1. The Balaban J connectivity index is 1.67. The molecular formula is C25H34Cl2N4O5S3. The van der Waals surface area contributed by atoms with Crippen molar-refractivity contribution in [1.82, 2.24) is 15.0 Å². The Morgan fingerprint density at radius 1 is 1.00 bits per heavy atom. The predicted molar refractivity (Wildman–Crippen MR) is 157 cm³/mol. The Hall–Kier alpha value is -1.44. The molecule has 1 saturated carbocycles. The van der Waals surface area contributed by atoms with E-state index >= 15 is 0 Å². The summed E-state index contributed by atoms with van der Waals surface area (Å²) in [5, 5.41) is 6.52. The van der Waals surface area contributed by atoms with E-state index in [2.05, 4.69) is 20.3 Å². The molecule has 39 heavy (non-hydrogen) atoms. The van der Waals surface area contributed by atoms with E-state index in [9.17, 15) is 21.6 Å². The van der Waals surface area contributed by atoms with Crippen molar-refractivity contribution in [2.75, 3.05) is 16.8 Å². The number of nitrogens with one attached hydrogen (secondary N) is 3. The third-order valence-electron chi connectivity index (χ3n) is 6.68. The summed E-state index contributed by atoms with van der Waals surface area (Å²) in [6, 6.07) is 2.92. The SMILES string of the molecule is CC(C)(C)NS(=O)(=O)c1ccc(-c2sc(C(=O)NC3CCS(=O)(=O)CC3)nc2NC2CCCCC2)c(Cl)c1Cl. The highest BCUT2D eigenvalue weighted by atomic mass is 35.5. The normalized spacial score (nSPS) is 19.1. The molecule has 1 aromatic carbocycles. The van der Waals surface area contributed by atoms with Gasteiger partial charge in [0.05, 0.1) is 26.4 Å². The van der Waals surface area contributed by atoms with Gasteiger partial charge in [-0.25, -0.2) is 26.5 Å². The molecule has 2 aliphatic rings. The molecule has 0 atom stereocenters. The van der Waals surface area contributed by atoms with Crippen molar-refractivity contribution < 1.29 is 21.6 Å². The van der Waals surface area contributed by atoms with E-state index in [0.717, 1.165) is 37.0 Å². The van der Waals surface area contributed by atoms with Crippen molar-refractivity contribution in [2.45, 2.75) is 88.2 Å². The van der Waals surface area contributed by atoms with E-state index in [1.165, 1.54) is 12.5 Å². The number of hydrogen-bond acceptors (Lipinski definition) is 8. The van der Waals surface area contributed by atoms with Gasteiger partial charge in [0.2, 0.25) is 10.0 Å². The van der Waals surface area contributed by atoms with Gasteiger partial charge in [0.15, 0.2) is 5.01 Å². The lowest BCUT2D eigenvalue weighted by molar-refractivity contribution is 0.0934. The van der Waals surface area contributed by atoms with Crippen LogP contribution in [-0.2, 0) is 19.9 Å². The highest BCUT2D eigenvalue weighted by Crippen LogP contribution is 2.43. The topological polar surface area (TPSA) is 134 Å². The second kappa shape index (κ2) is 11.8. The molecule has 3 N–H and O–H groups in total. The second-order valence-corrected chi connectivity index (χ2v) is 16.9. The number of halogens is 2. The Labute approximate surface area is 244 Å². The standard InChI is InChI=1S/C25H34Cl2N4O5S3/c1-25(2,3)31-39(35,36)18-10-9-17(19(26)20(18)27)21-22(28-15-7-5-4-6-8-15)30-24(37-21)23(32)29-16-11-13-38(33,34)14-12-16/h9-10,15-16,28,31H,4-8,11-14H2,1-3H3,(H,29,32). The van der Waals surface area contributed by atoms with Crippen molar-refractivity contribution >= 4 is 66.1 Å². The molecule has 1 saturated heterocycles.